The third-order valence-corrected chi connectivity index (χ3v) is 5.27. The average Bonchev–Trinajstić information content (AvgIpc) is 3.52. The van der Waals surface area contributed by atoms with Crippen molar-refractivity contribution in [3.63, 3.8) is 0 Å². The number of rotatable bonds is 8. The van der Waals surface area contributed by atoms with Gasteiger partial charge in [-0.1, -0.05) is 12.1 Å². The van der Waals surface area contributed by atoms with E-state index in [9.17, 15) is 9.59 Å². The summed E-state index contributed by atoms with van der Waals surface area (Å²) in [7, 11) is 0. The zero-order valence-electron chi connectivity index (χ0n) is 18.5. The highest BCUT2D eigenvalue weighted by atomic mass is 16.5. The van der Waals surface area contributed by atoms with Crippen LogP contribution in [0.1, 0.15) is 35.8 Å². The summed E-state index contributed by atoms with van der Waals surface area (Å²) < 4.78 is 12.3. The molecule has 2 aromatic heterocycles. The third kappa shape index (κ3) is 5.95. The Hall–Kier alpha value is -3.72. The van der Waals surface area contributed by atoms with Crippen molar-refractivity contribution in [2.24, 2.45) is 0 Å². The van der Waals surface area contributed by atoms with Crippen molar-refractivity contribution in [1.82, 2.24) is 19.7 Å². The van der Waals surface area contributed by atoms with Crippen LogP contribution in [0.25, 0.3) is 5.69 Å². The molecule has 4 rings (SSSR count). The molecule has 0 saturated carbocycles. The average molecular weight is 450 g/mol. The van der Waals surface area contributed by atoms with Crippen LogP contribution in [0.15, 0.2) is 61.1 Å². The zero-order valence-corrected chi connectivity index (χ0v) is 18.5. The molecular weight excluding hydrogens is 422 g/mol. The molecule has 9 nitrogen and oxygen atoms in total. The van der Waals surface area contributed by atoms with Gasteiger partial charge in [-0.25, -0.2) is 14.3 Å². The molecule has 0 spiro atoms. The Morgan fingerprint density at radius 3 is 2.94 bits per heavy atom. The summed E-state index contributed by atoms with van der Waals surface area (Å²) in [6.45, 7) is 3.70. The number of carbonyl (C=O) groups excluding carboxylic acids is 2. The predicted molar refractivity (Wildman–Crippen MR) is 122 cm³/mol. The van der Waals surface area contributed by atoms with Crippen molar-refractivity contribution in [3.8, 4) is 5.69 Å². The third-order valence-electron chi connectivity index (χ3n) is 5.27. The number of nitrogens with zero attached hydrogens (tertiary/aromatic N) is 4. The first-order valence-corrected chi connectivity index (χ1v) is 11.0. The Morgan fingerprint density at radius 2 is 2.18 bits per heavy atom. The van der Waals surface area contributed by atoms with Crippen LogP contribution in [0.2, 0.25) is 0 Å². The first kappa shape index (κ1) is 22.5. The van der Waals surface area contributed by atoms with Gasteiger partial charge >= 0.3 is 12.0 Å². The topological polar surface area (TPSA) is 98.6 Å². The van der Waals surface area contributed by atoms with Gasteiger partial charge < -0.3 is 19.7 Å². The van der Waals surface area contributed by atoms with E-state index in [-0.39, 0.29) is 24.4 Å². The monoisotopic (exact) mass is 449 g/mol. The Kier molecular flexibility index (Phi) is 7.31. The lowest BCUT2D eigenvalue weighted by Gasteiger charge is -2.26. The molecule has 1 aromatic carbocycles. The van der Waals surface area contributed by atoms with Gasteiger partial charge in [-0.05, 0) is 55.7 Å². The number of amides is 2. The number of anilines is 1. The van der Waals surface area contributed by atoms with Crippen LogP contribution in [-0.4, -0.2) is 57.5 Å². The van der Waals surface area contributed by atoms with Crippen molar-refractivity contribution in [2.75, 3.05) is 25.1 Å². The van der Waals surface area contributed by atoms with Crippen molar-refractivity contribution < 1.29 is 19.1 Å². The number of esters is 1. The van der Waals surface area contributed by atoms with Gasteiger partial charge in [0.15, 0.2) is 5.69 Å². The minimum atomic E-state index is -0.471. The van der Waals surface area contributed by atoms with Crippen LogP contribution >= 0.6 is 0 Å². The number of urea groups is 1. The minimum absolute atomic E-state index is 0.0316. The van der Waals surface area contributed by atoms with Gasteiger partial charge in [0.25, 0.3) is 0 Å². The number of carbonyl (C=O) groups is 2. The fraction of sp³-hybridized carbons (Fsp3) is 0.333. The second kappa shape index (κ2) is 10.7. The molecule has 0 aliphatic carbocycles. The van der Waals surface area contributed by atoms with Crippen LogP contribution in [-0.2, 0) is 16.0 Å². The lowest BCUT2D eigenvalue weighted by Crippen LogP contribution is -2.39. The molecule has 0 radical (unpaired) electrons. The molecule has 3 aromatic rings. The van der Waals surface area contributed by atoms with Gasteiger partial charge in [-0.2, -0.15) is 5.10 Å². The maximum absolute atomic E-state index is 13.2. The second-order valence-electron chi connectivity index (χ2n) is 7.72. The van der Waals surface area contributed by atoms with Crippen LogP contribution < -0.4 is 5.32 Å². The summed E-state index contributed by atoms with van der Waals surface area (Å²) in [6, 6.07) is 12.5. The van der Waals surface area contributed by atoms with Crippen LogP contribution in [0.4, 0.5) is 10.5 Å². The molecule has 3 heterocycles. The van der Waals surface area contributed by atoms with E-state index in [1.807, 2.05) is 30.3 Å². The molecule has 33 heavy (non-hydrogen) atoms. The number of hydrogen-bond donors (Lipinski definition) is 1. The fourth-order valence-electron chi connectivity index (χ4n) is 3.68. The lowest BCUT2D eigenvalue weighted by molar-refractivity contribution is 0.0519. The van der Waals surface area contributed by atoms with E-state index in [4.69, 9.17) is 9.47 Å². The normalized spacial score (nSPS) is 15.2. The molecule has 9 heteroatoms. The number of aromatic nitrogens is 3. The molecule has 172 valence electrons. The first-order chi connectivity index (χ1) is 16.1. The Labute approximate surface area is 192 Å². The Balaban J connectivity index is 1.48. The molecule has 1 aliphatic rings. The quantitative estimate of drug-likeness (QED) is 0.527. The number of pyridine rings is 1. The zero-order chi connectivity index (χ0) is 23.0. The summed E-state index contributed by atoms with van der Waals surface area (Å²) in [5.41, 5.74) is 2.50. The van der Waals surface area contributed by atoms with Crippen molar-refractivity contribution in [1.29, 1.82) is 0 Å². The Bertz CT molecular complexity index is 1080. The number of hydrogen-bond acceptors (Lipinski definition) is 6. The van der Waals surface area contributed by atoms with Crippen LogP contribution in [0, 0.1) is 0 Å². The van der Waals surface area contributed by atoms with Crippen molar-refractivity contribution in [2.45, 2.75) is 32.4 Å². The van der Waals surface area contributed by atoms with E-state index in [0.717, 1.165) is 25.0 Å². The van der Waals surface area contributed by atoms with Crippen LogP contribution in [0.5, 0.6) is 0 Å². The maximum Gasteiger partial charge on any atom is 0.358 e. The van der Waals surface area contributed by atoms with E-state index in [0.29, 0.717) is 24.5 Å². The minimum Gasteiger partial charge on any atom is -0.461 e. The van der Waals surface area contributed by atoms with E-state index in [2.05, 4.69) is 15.4 Å². The van der Waals surface area contributed by atoms with Gasteiger partial charge in [0.2, 0.25) is 0 Å². The van der Waals surface area contributed by atoms with Gasteiger partial charge in [-0.3, -0.25) is 4.98 Å². The molecule has 1 aliphatic heterocycles. The number of nitrogens with one attached hydrogen (secondary N) is 1. The molecular formula is C24H27N5O4. The van der Waals surface area contributed by atoms with Gasteiger partial charge in [0.05, 0.1) is 18.4 Å². The lowest BCUT2D eigenvalue weighted by atomic mass is 10.2. The Morgan fingerprint density at radius 1 is 1.27 bits per heavy atom. The van der Waals surface area contributed by atoms with E-state index in [1.165, 1.54) is 0 Å². The smallest absolute Gasteiger partial charge is 0.358 e. The highest BCUT2D eigenvalue weighted by Gasteiger charge is 2.23. The van der Waals surface area contributed by atoms with Gasteiger partial charge in [0, 0.05) is 44.0 Å². The highest BCUT2D eigenvalue weighted by molar-refractivity contribution is 5.90. The molecule has 1 saturated heterocycles. The van der Waals surface area contributed by atoms with Crippen molar-refractivity contribution >= 4 is 17.7 Å². The first-order valence-electron chi connectivity index (χ1n) is 11.0. The molecule has 1 unspecified atom stereocenters. The van der Waals surface area contributed by atoms with Crippen LogP contribution in [0.3, 0.4) is 0 Å². The van der Waals surface area contributed by atoms with Crippen molar-refractivity contribution in [3.05, 3.63) is 72.3 Å². The summed E-state index contributed by atoms with van der Waals surface area (Å²) in [4.78, 5) is 31.0. The summed E-state index contributed by atoms with van der Waals surface area (Å²) in [6.07, 6.45) is 7.13. The van der Waals surface area contributed by atoms with E-state index in [1.54, 1.807) is 47.2 Å². The van der Waals surface area contributed by atoms with Gasteiger partial charge in [0.1, 0.15) is 0 Å². The summed E-state index contributed by atoms with van der Waals surface area (Å²) in [5, 5.41) is 7.25. The predicted octanol–water partition coefficient (Wildman–Crippen LogP) is 3.66. The second-order valence-corrected chi connectivity index (χ2v) is 7.72. The van der Waals surface area contributed by atoms with Gasteiger partial charge in [-0.15, -0.1) is 0 Å². The molecule has 1 atom stereocenters. The molecule has 1 fully saturated rings. The molecule has 2 amide bonds. The summed E-state index contributed by atoms with van der Waals surface area (Å²) >= 11 is 0. The molecule has 0 bridgehead atoms. The fourth-order valence-corrected chi connectivity index (χ4v) is 3.68. The highest BCUT2D eigenvalue weighted by Crippen LogP contribution is 2.18. The van der Waals surface area contributed by atoms with E-state index < -0.39 is 5.97 Å². The largest absolute Gasteiger partial charge is 0.461 e. The number of benzene rings is 1. The maximum atomic E-state index is 13.2. The number of ether oxygens (including phenoxy) is 2. The summed E-state index contributed by atoms with van der Waals surface area (Å²) in [5.74, 6) is -0.471. The SMILES string of the molecule is CCOC(=O)c1ccn(-c2cccc(NC(=O)N(Cc3cccnc3)CC3CCCO3)c2)n1. The molecule has 1 N–H and O–H groups in total. The standard InChI is InChI=1S/C24H27N5O4/c1-2-32-23(30)22-10-12-29(27-22)20-8-3-7-19(14-20)26-24(31)28(17-21-9-5-13-33-21)16-18-6-4-11-25-15-18/h3-4,6-8,10-12,14-15,21H,2,5,9,13,16-17H2,1H3,(H,26,31). The van der Waals surface area contributed by atoms with E-state index >= 15 is 0 Å².